The van der Waals surface area contributed by atoms with Crippen LogP contribution in [0, 0.1) is 0 Å². The van der Waals surface area contributed by atoms with E-state index in [-0.39, 0.29) is 12.5 Å². The first kappa shape index (κ1) is 13.8. The minimum absolute atomic E-state index is 0.169. The van der Waals surface area contributed by atoms with Crippen LogP contribution in [0.5, 0.6) is 0 Å². The Morgan fingerprint density at radius 3 is 2.76 bits per heavy atom. The first-order chi connectivity index (χ1) is 7.95. The number of benzene rings is 1. The van der Waals surface area contributed by atoms with Crippen molar-refractivity contribution in [2.75, 3.05) is 26.0 Å². The molecule has 1 aromatic rings. The largest absolute Gasteiger partial charge is 0.392 e. The molecule has 0 fully saturated rings. The van der Waals surface area contributed by atoms with Gasteiger partial charge in [-0.05, 0) is 25.1 Å². The van der Waals surface area contributed by atoms with Gasteiger partial charge in [-0.25, -0.2) is 0 Å². The van der Waals surface area contributed by atoms with E-state index in [1.807, 2.05) is 0 Å². The van der Waals surface area contributed by atoms with Gasteiger partial charge in [0.25, 0.3) is 5.91 Å². The minimum atomic E-state index is -0.554. The first-order valence-electron chi connectivity index (χ1n) is 5.36. The van der Waals surface area contributed by atoms with Gasteiger partial charge in [0.1, 0.15) is 0 Å². The number of carbonyl (C=O) groups is 1. The normalized spacial score (nSPS) is 12.1. The van der Waals surface area contributed by atoms with Gasteiger partial charge in [-0.2, -0.15) is 0 Å². The second-order valence-corrected chi connectivity index (χ2v) is 4.41. The summed E-state index contributed by atoms with van der Waals surface area (Å²) in [5.41, 5.74) is 1.22. The molecule has 0 radical (unpaired) electrons. The predicted octanol–water partition coefficient (Wildman–Crippen LogP) is 1.83. The molecule has 1 atom stereocenters. The second-order valence-electron chi connectivity index (χ2n) is 3.97. The number of aliphatic hydroxyl groups is 1. The lowest BCUT2D eigenvalue weighted by Crippen LogP contribution is -2.33. The Balaban J connectivity index is 2.98. The maximum atomic E-state index is 12.1. The Kier molecular flexibility index (Phi) is 4.78. The zero-order valence-electron chi connectivity index (χ0n) is 10.2. The number of carbonyl (C=O) groups excluding carboxylic acids is 1. The molecule has 0 aliphatic rings. The lowest BCUT2D eigenvalue weighted by atomic mass is 10.1. The maximum absolute atomic E-state index is 12.1. The number of nitrogens with one attached hydrogen (secondary N) is 1. The SMILES string of the molecule is CNc1ccc(Cl)cc1C(=O)N(C)CC(C)O. The monoisotopic (exact) mass is 256 g/mol. The summed E-state index contributed by atoms with van der Waals surface area (Å²) in [5.74, 6) is -0.169. The zero-order chi connectivity index (χ0) is 13.0. The summed E-state index contributed by atoms with van der Waals surface area (Å²) < 4.78 is 0. The van der Waals surface area contributed by atoms with Gasteiger partial charge in [-0.1, -0.05) is 11.6 Å². The number of aliphatic hydroxyl groups excluding tert-OH is 1. The fraction of sp³-hybridized carbons (Fsp3) is 0.417. The summed E-state index contributed by atoms with van der Waals surface area (Å²) in [6.45, 7) is 1.93. The third-order valence-corrected chi connectivity index (χ3v) is 2.60. The molecule has 0 saturated carbocycles. The molecule has 17 heavy (non-hydrogen) atoms. The summed E-state index contributed by atoms with van der Waals surface area (Å²) in [7, 11) is 3.39. The molecule has 94 valence electrons. The quantitative estimate of drug-likeness (QED) is 0.864. The van der Waals surface area contributed by atoms with Crippen LogP contribution >= 0.6 is 11.6 Å². The highest BCUT2D eigenvalue weighted by atomic mass is 35.5. The van der Waals surface area contributed by atoms with E-state index in [2.05, 4.69) is 5.32 Å². The Bertz CT molecular complexity index is 407. The van der Waals surface area contributed by atoms with Crippen molar-refractivity contribution in [1.29, 1.82) is 0 Å². The minimum Gasteiger partial charge on any atom is -0.392 e. The van der Waals surface area contributed by atoms with Gasteiger partial charge in [0, 0.05) is 31.4 Å². The fourth-order valence-electron chi connectivity index (χ4n) is 1.60. The van der Waals surface area contributed by atoms with Crippen molar-refractivity contribution in [1.82, 2.24) is 4.90 Å². The van der Waals surface area contributed by atoms with Crippen molar-refractivity contribution >= 4 is 23.2 Å². The van der Waals surface area contributed by atoms with Crippen molar-refractivity contribution in [2.45, 2.75) is 13.0 Å². The van der Waals surface area contributed by atoms with E-state index in [1.165, 1.54) is 4.90 Å². The molecule has 2 N–H and O–H groups in total. The van der Waals surface area contributed by atoms with E-state index in [1.54, 1.807) is 39.2 Å². The Morgan fingerprint density at radius 2 is 2.24 bits per heavy atom. The molecule has 4 nitrogen and oxygen atoms in total. The van der Waals surface area contributed by atoms with E-state index in [9.17, 15) is 9.90 Å². The average Bonchev–Trinajstić information content (AvgIpc) is 2.27. The smallest absolute Gasteiger partial charge is 0.255 e. The molecular formula is C12H17ClN2O2. The van der Waals surface area contributed by atoms with Crippen LogP contribution in [-0.4, -0.2) is 42.7 Å². The highest BCUT2D eigenvalue weighted by molar-refractivity contribution is 6.31. The van der Waals surface area contributed by atoms with Crippen LogP contribution in [0.2, 0.25) is 5.02 Å². The molecule has 0 heterocycles. The molecule has 0 spiro atoms. The van der Waals surface area contributed by atoms with E-state index in [4.69, 9.17) is 11.6 Å². The first-order valence-corrected chi connectivity index (χ1v) is 5.74. The van der Waals surface area contributed by atoms with Gasteiger partial charge in [0.05, 0.1) is 11.7 Å². The van der Waals surface area contributed by atoms with Crippen LogP contribution in [0.3, 0.4) is 0 Å². The highest BCUT2D eigenvalue weighted by Crippen LogP contribution is 2.21. The lowest BCUT2D eigenvalue weighted by Gasteiger charge is -2.20. The number of nitrogens with zero attached hydrogens (tertiary/aromatic N) is 1. The second kappa shape index (κ2) is 5.89. The number of amides is 1. The number of hydrogen-bond donors (Lipinski definition) is 2. The van der Waals surface area contributed by atoms with Crippen molar-refractivity contribution < 1.29 is 9.90 Å². The number of anilines is 1. The Hall–Kier alpha value is -1.26. The zero-order valence-corrected chi connectivity index (χ0v) is 11.0. The number of halogens is 1. The van der Waals surface area contributed by atoms with Gasteiger partial charge < -0.3 is 15.3 Å². The van der Waals surface area contributed by atoms with Gasteiger partial charge in [0.15, 0.2) is 0 Å². The van der Waals surface area contributed by atoms with E-state index >= 15 is 0 Å². The van der Waals surface area contributed by atoms with E-state index in [0.717, 1.165) is 5.69 Å². The van der Waals surface area contributed by atoms with Gasteiger partial charge in [-0.15, -0.1) is 0 Å². The van der Waals surface area contributed by atoms with Crippen LogP contribution in [0.1, 0.15) is 17.3 Å². The molecule has 0 aliphatic carbocycles. The van der Waals surface area contributed by atoms with Gasteiger partial charge in [0.2, 0.25) is 0 Å². The topological polar surface area (TPSA) is 52.6 Å². The van der Waals surface area contributed by atoms with E-state index in [0.29, 0.717) is 10.6 Å². The van der Waals surface area contributed by atoms with Crippen molar-refractivity contribution in [3.05, 3.63) is 28.8 Å². The molecule has 1 rings (SSSR count). The number of rotatable bonds is 4. The third-order valence-electron chi connectivity index (χ3n) is 2.37. The lowest BCUT2D eigenvalue weighted by molar-refractivity contribution is 0.0704. The van der Waals surface area contributed by atoms with Crippen LogP contribution in [-0.2, 0) is 0 Å². The molecule has 1 aromatic carbocycles. The van der Waals surface area contributed by atoms with Crippen molar-refractivity contribution in [2.24, 2.45) is 0 Å². The molecule has 1 amide bonds. The van der Waals surface area contributed by atoms with Crippen LogP contribution < -0.4 is 5.32 Å². The van der Waals surface area contributed by atoms with Crippen LogP contribution in [0.4, 0.5) is 5.69 Å². The molecule has 0 aromatic heterocycles. The fourth-order valence-corrected chi connectivity index (χ4v) is 1.77. The summed E-state index contributed by atoms with van der Waals surface area (Å²) in [6.07, 6.45) is -0.554. The number of likely N-dealkylation sites (N-methyl/N-ethyl adjacent to an activating group) is 1. The molecule has 1 unspecified atom stereocenters. The molecule has 5 heteroatoms. The summed E-state index contributed by atoms with van der Waals surface area (Å²) in [5, 5.41) is 12.7. The standard InChI is InChI=1S/C12H17ClN2O2/c1-8(16)7-15(3)12(17)10-6-9(13)4-5-11(10)14-2/h4-6,8,14,16H,7H2,1-3H3. The maximum Gasteiger partial charge on any atom is 0.255 e. The average molecular weight is 257 g/mol. The summed E-state index contributed by atoms with van der Waals surface area (Å²) in [4.78, 5) is 13.6. The third kappa shape index (κ3) is 3.61. The molecule has 0 aliphatic heterocycles. The van der Waals surface area contributed by atoms with E-state index < -0.39 is 6.10 Å². The van der Waals surface area contributed by atoms with Crippen LogP contribution in [0.15, 0.2) is 18.2 Å². The summed E-state index contributed by atoms with van der Waals surface area (Å²) in [6, 6.07) is 5.10. The van der Waals surface area contributed by atoms with Gasteiger partial charge in [-0.3, -0.25) is 4.79 Å². The van der Waals surface area contributed by atoms with Crippen molar-refractivity contribution in [3.63, 3.8) is 0 Å². The molecular weight excluding hydrogens is 240 g/mol. The van der Waals surface area contributed by atoms with Crippen LogP contribution in [0.25, 0.3) is 0 Å². The Morgan fingerprint density at radius 1 is 1.59 bits per heavy atom. The highest BCUT2D eigenvalue weighted by Gasteiger charge is 2.16. The molecule has 0 saturated heterocycles. The van der Waals surface area contributed by atoms with Crippen molar-refractivity contribution in [3.8, 4) is 0 Å². The Labute approximate surface area is 106 Å². The number of hydrogen-bond acceptors (Lipinski definition) is 3. The van der Waals surface area contributed by atoms with Gasteiger partial charge >= 0.3 is 0 Å². The predicted molar refractivity (Wildman–Crippen MR) is 69.6 cm³/mol. The molecule has 0 bridgehead atoms. The summed E-state index contributed by atoms with van der Waals surface area (Å²) >= 11 is 5.88.